The Morgan fingerprint density at radius 1 is 1.09 bits per heavy atom. The molecule has 2 aromatic heterocycles. The second-order valence-corrected chi connectivity index (χ2v) is 13.2. The van der Waals surface area contributed by atoms with E-state index in [4.69, 9.17) is 10.1 Å². The predicted octanol–water partition coefficient (Wildman–Crippen LogP) is 4.84. The quantitative estimate of drug-likeness (QED) is 0.648. The molecule has 7 heteroatoms. The number of nitrogens with zero attached hydrogens (tertiary/aromatic N) is 4. The number of H-pyrrole nitrogens is 1. The van der Waals surface area contributed by atoms with Gasteiger partial charge in [-0.15, -0.1) is 5.10 Å². The Labute approximate surface area is 206 Å². The average molecular weight is 475 g/mol. The van der Waals surface area contributed by atoms with E-state index in [9.17, 15) is 4.79 Å². The Hall–Kier alpha value is -2.18. The molecule has 35 heavy (non-hydrogen) atoms. The van der Waals surface area contributed by atoms with E-state index in [-0.39, 0.29) is 11.0 Å². The highest BCUT2D eigenvalue weighted by Crippen LogP contribution is 2.98. The molecule has 2 spiro atoms. The van der Waals surface area contributed by atoms with E-state index in [2.05, 4.69) is 22.2 Å². The van der Waals surface area contributed by atoms with Gasteiger partial charge in [0.1, 0.15) is 5.82 Å². The van der Waals surface area contributed by atoms with Gasteiger partial charge in [-0.05, 0) is 85.4 Å². The fourth-order valence-electron chi connectivity index (χ4n) is 10.4. The molecule has 2 N–H and O–H groups in total. The number of hydrogen-bond donors (Lipinski definition) is 2. The lowest BCUT2D eigenvalue weighted by Gasteiger charge is -2.59. The summed E-state index contributed by atoms with van der Waals surface area (Å²) in [6.07, 6.45) is 17.4. The summed E-state index contributed by atoms with van der Waals surface area (Å²) in [4.78, 5) is 24.6. The zero-order chi connectivity index (χ0) is 23.4. The molecule has 2 aromatic rings. The number of rotatable bonds is 5. The minimum absolute atomic E-state index is 0.0747. The molecular formula is C28H38N6O. The van der Waals surface area contributed by atoms with Crippen LogP contribution >= 0.6 is 0 Å². The number of aromatic amines is 1. The van der Waals surface area contributed by atoms with E-state index in [1.54, 1.807) is 6.07 Å². The van der Waals surface area contributed by atoms with Gasteiger partial charge < -0.3 is 10.3 Å². The summed E-state index contributed by atoms with van der Waals surface area (Å²) in [6.45, 7) is 3.47. The Kier molecular flexibility index (Phi) is 4.18. The third-order valence-corrected chi connectivity index (χ3v) is 11.9. The lowest BCUT2D eigenvalue weighted by molar-refractivity contribution is -0.0828. The van der Waals surface area contributed by atoms with Crippen molar-refractivity contribution >= 4 is 5.95 Å². The van der Waals surface area contributed by atoms with Gasteiger partial charge in [-0.3, -0.25) is 4.79 Å². The van der Waals surface area contributed by atoms with Gasteiger partial charge in [-0.2, -0.15) is 9.67 Å². The van der Waals surface area contributed by atoms with E-state index < -0.39 is 0 Å². The van der Waals surface area contributed by atoms with Crippen molar-refractivity contribution in [3.8, 4) is 5.82 Å². The van der Waals surface area contributed by atoms with E-state index in [1.807, 2.05) is 4.68 Å². The summed E-state index contributed by atoms with van der Waals surface area (Å²) in [5.74, 6) is 6.78. The highest BCUT2D eigenvalue weighted by molar-refractivity contribution is 5.44. The molecule has 6 aliphatic rings. The number of hydrogen-bond acceptors (Lipinski definition) is 5. The Balaban J connectivity index is 1.13. The van der Waals surface area contributed by atoms with E-state index >= 15 is 0 Å². The van der Waals surface area contributed by atoms with Crippen molar-refractivity contribution in [3.05, 3.63) is 28.6 Å². The minimum Gasteiger partial charge on any atom is -0.353 e. The van der Waals surface area contributed by atoms with E-state index in [0.29, 0.717) is 22.6 Å². The van der Waals surface area contributed by atoms with Gasteiger partial charge in [0.2, 0.25) is 5.95 Å². The number of nitrogens with one attached hydrogen (secondary N) is 2. The fraction of sp³-hybridized carbons (Fsp3) is 0.786. The largest absolute Gasteiger partial charge is 0.353 e. The molecule has 7 unspecified atom stereocenters. The van der Waals surface area contributed by atoms with Gasteiger partial charge in [0, 0.05) is 18.0 Å². The highest BCUT2D eigenvalue weighted by atomic mass is 16.1. The molecule has 6 fully saturated rings. The van der Waals surface area contributed by atoms with Crippen molar-refractivity contribution < 1.29 is 0 Å². The van der Waals surface area contributed by atoms with Crippen molar-refractivity contribution in [3.63, 3.8) is 0 Å². The summed E-state index contributed by atoms with van der Waals surface area (Å²) in [7, 11) is 0. The highest BCUT2D eigenvalue weighted by Gasteiger charge is 2.93. The summed E-state index contributed by atoms with van der Waals surface area (Å²) in [5.41, 5.74) is 1.28. The smallest absolute Gasteiger partial charge is 0.252 e. The van der Waals surface area contributed by atoms with E-state index in [0.717, 1.165) is 42.0 Å². The van der Waals surface area contributed by atoms with Crippen LogP contribution in [0.5, 0.6) is 0 Å². The second-order valence-electron chi connectivity index (χ2n) is 13.2. The third-order valence-electron chi connectivity index (χ3n) is 11.9. The molecule has 7 nitrogen and oxygen atoms in total. The fourth-order valence-corrected chi connectivity index (χ4v) is 10.4. The van der Waals surface area contributed by atoms with Crippen molar-refractivity contribution in [2.24, 2.45) is 40.4 Å². The number of anilines is 1. The molecule has 0 aromatic carbocycles. The van der Waals surface area contributed by atoms with Crippen LogP contribution in [0.4, 0.5) is 5.95 Å². The molecule has 0 saturated heterocycles. The van der Waals surface area contributed by atoms with Gasteiger partial charge in [0.15, 0.2) is 5.82 Å². The molecule has 6 saturated carbocycles. The summed E-state index contributed by atoms with van der Waals surface area (Å²) in [5, 5.41) is 8.58. The Morgan fingerprint density at radius 2 is 1.91 bits per heavy atom. The molecule has 0 amide bonds. The maximum absolute atomic E-state index is 12.2. The van der Waals surface area contributed by atoms with Crippen molar-refractivity contribution in [2.45, 2.75) is 89.4 Å². The molecule has 0 aliphatic heterocycles. The van der Waals surface area contributed by atoms with Gasteiger partial charge in [-0.25, -0.2) is 4.98 Å². The monoisotopic (exact) mass is 474 g/mol. The maximum atomic E-state index is 12.2. The first-order valence-electron chi connectivity index (χ1n) is 14.3. The van der Waals surface area contributed by atoms with Gasteiger partial charge in [-0.1, -0.05) is 39.0 Å². The topological polar surface area (TPSA) is 88.5 Å². The Morgan fingerprint density at radius 3 is 2.74 bits per heavy atom. The number of fused-ring (bicyclic) bond motifs is 1. The van der Waals surface area contributed by atoms with Crippen LogP contribution in [-0.4, -0.2) is 31.3 Å². The van der Waals surface area contributed by atoms with Crippen LogP contribution in [0, 0.1) is 40.4 Å². The van der Waals surface area contributed by atoms with Crippen LogP contribution in [0.25, 0.3) is 5.82 Å². The van der Waals surface area contributed by atoms with E-state index in [1.165, 1.54) is 83.4 Å². The van der Waals surface area contributed by atoms with Crippen LogP contribution in [0.2, 0.25) is 0 Å². The molecule has 6 aliphatic carbocycles. The molecule has 7 atom stereocenters. The lowest BCUT2D eigenvalue weighted by atomic mass is 9.45. The summed E-state index contributed by atoms with van der Waals surface area (Å²) < 4.78 is 1.93. The summed E-state index contributed by atoms with van der Waals surface area (Å²) >= 11 is 0. The number of aromatic nitrogens is 5. The van der Waals surface area contributed by atoms with Crippen molar-refractivity contribution in [2.75, 3.05) is 11.9 Å². The molecule has 186 valence electrons. The lowest BCUT2D eigenvalue weighted by Crippen LogP contribution is -2.55. The molecular weight excluding hydrogens is 436 g/mol. The normalized spacial score (nSPS) is 43.2. The average Bonchev–Trinajstić information content (AvgIpc) is 3.58. The Bertz CT molecular complexity index is 1220. The minimum atomic E-state index is -0.140. The molecule has 2 bridgehead atoms. The predicted molar refractivity (Wildman–Crippen MR) is 133 cm³/mol. The third kappa shape index (κ3) is 2.68. The SMILES string of the molecule is CC1C2C34CC3CC3(c5nc(NCC6CCCCCCC6)nn5-c5cc(=O)[nH]cn5)CCC12C4C3. The zero-order valence-corrected chi connectivity index (χ0v) is 20.9. The second kappa shape index (κ2) is 6.98. The molecule has 2 heterocycles. The van der Waals surface area contributed by atoms with Gasteiger partial charge >= 0.3 is 0 Å². The molecule has 8 rings (SSSR count). The first-order valence-corrected chi connectivity index (χ1v) is 14.3. The maximum Gasteiger partial charge on any atom is 0.252 e. The zero-order valence-electron chi connectivity index (χ0n) is 20.9. The van der Waals surface area contributed by atoms with Crippen LogP contribution < -0.4 is 10.9 Å². The molecule has 0 radical (unpaired) electrons. The van der Waals surface area contributed by atoms with Crippen molar-refractivity contribution in [1.82, 2.24) is 24.7 Å². The van der Waals surface area contributed by atoms with Gasteiger partial charge in [0.25, 0.3) is 5.56 Å². The first kappa shape index (κ1) is 21.0. The standard InChI is InChI=1S/C28H38N6O/c1-17-23-27(17)10-9-26(12-19-13-28(19,23)20(27)14-26)24-32-25(29-15-18-7-5-3-2-4-6-8-18)33-34(24)21-11-22(35)31-16-30-21/h11,16-20,23H,2-10,12-15H2,1H3,(H,29,33)(H,30,31,35). The van der Waals surface area contributed by atoms with Crippen LogP contribution in [-0.2, 0) is 5.41 Å². The van der Waals surface area contributed by atoms with Crippen LogP contribution in [0.15, 0.2) is 17.2 Å². The van der Waals surface area contributed by atoms with Gasteiger partial charge in [0.05, 0.1) is 6.33 Å². The first-order chi connectivity index (χ1) is 17.1. The van der Waals surface area contributed by atoms with Crippen molar-refractivity contribution in [1.29, 1.82) is 0 Å². The van der Waals surface area contributed by atoms with Crippen LogP contribution in [0.3, 0.4) is 0 Å². The van der Waals surface area contributed by atoms with Crippen LogP contribution in [0.1, 0.15) is 89.8 Å². The summed E-state index contributed by atoms with van der Waals surface area (Å²) in [6, 6.07) is 1.57.